The molecule has 22 heavy (non-hydrogen) atoms. The molecule has 2 aliphatic carbocycles. The molecule has 0 aromatic heterocycles. The Labute approximate surface area is 138 Å². The number of hydrogen-bond acceptors (Lipinski definition) is 1. The zero-order chi connectivity index (χ0) is 15.6. The van der Waals surface area contributed by atoms with E-state index in [0.29, 0.717) is 0 Å². The van der Waals surface area contributed by atoms with Crippen molar-refractivity contribution in [2.75, 3.05) is 0 Å². The first-order valence-corrected chi connectivity index (χ1v) is 9.86. The Bertz CT molecular complexity index is 349. The topological polar surface area (TPSA) is 23.8 Å². The van der Waals surface area contributed by atoms with Gasteiger partial charge < -0.3 is 0 Å². The maximum absolute atomic E-state index is 8.50. The lowest BCUT2D eigenvalue weighted by molar-refractivity contribution is 0.212. The first kappa shape index (κ1) is 17.6. The maximum atomic E-state index is 8.50. The average molecular weight is 302 g/mol. The highest BCUT2D eigenvalue weighted by molar-refractivity contribution is 5.01. The summed E-state index contributed by atoms with van der Waals surface area (Å²) in [5.74, 6) is 4.05. The minimum Gasteiger partial charge on any atom is -0.193 e. The smallest absolute Gasteiger partial charge is 0.0908 e. The number of rotatable bonds is 7. The molecule has 0 unspecified atom stereocenters. The predicted molar refractivity (Wildman–Crippen MR) is 94.4 cm³/mol. The van der Waals surface area contributed by atoms with Crippen LogP contribution in [0.2, 0.25) is 0 Å². The van der Waals surface area contributed by atoms with Crippen molar-refractivity contribution in [1.82, 2.24) is 0 Å². The Balaban J connectivity index is 1.54. The van der Waals surface area contributed by atoms with Crippen molar-refractivity contribution in [2.45, 2.75) is 90.4 Å². The molecule has 0 heterocycles. The molecule has 0 aliphatic heterocycles. The molecule has 0 aromatic rings. The second kappa shape index (κ2) is 10.1. The molecule has 1 heteroatoms. The fourth-order valence-corrected chi connectivity index (χ4v) is 4.68. The van der Waals surface area contributed by atoms with Crippen LogP contribution in [0.3, 0.4) is 0 Å². The van der Waals surface area contributed by atoms with Gasteiger partial charge in [-0.25, -0.2) is 0 Å². The van der Waals surface area contributed by atoms with E-state index in [4.69, 9.17) is 5.26 Å². The van der Waals surface area contributed by atoms with E-state index in [2.05, 4.69) is 13.0 Å². The van der Waals surface area contributed by atoms with Gasteiger partial charge in [-0.05, 0) is 36.5 Å². The molecule has 0 amide bonds. The summed E-state index contributed by atoms with van der Waals surface area (Å²) in [6, 6.07) is 2.09. The minimum atomic E-state index is 0.930. The quantitative estimate of drug-likeness (QED) is 0.483. The van der Waals surface area contributed by atoms with Gasteiger partial charge in [0, 0.05) is 6.08 Å². The van der Waals surface area contributed by atoms with E-state index < -0.39 is 0 Å². The van der Waals surface area contributed by atoms with Crippen molar-refractivity contribution in [3.8, 4) is 6.07 Å². The Hall–Kier alpha value is -0.770. The summed E-state index contributed by atoms with van der Waals surface area (Å²) in [6.45, 7) is 2.36. The fraction of sp³-hybridized carbons (Fsp3) is 0.857. The second-order valence-electron chi connectivity index (χ2n) is 7.87. The van der Waals surface area contributed by atoms with Crippen molar-refractivity contribution in [3.63, 3.8) is 0 Å². The summed E-state index contributed by atoms with van der Waals surface area (Å²) in [6.07, 6.45) is 22.3. The van der Waals surface area contributed by atoms with Gasteiger partial charge in [0.1, 0.15) is 0 Å². The van der Waals surface area contributed by atoms with Crippen LogP contribution in [0, 0.1) is 35.0 Å². The highest BCUT2D eigenvalue weighted by Crippen LogP contribution is 2.38. The van der Waals surface area contributed by atoms with Crippen molar-refractivity contribution < 1.29 is 0 Å². The van der Waals surface area contributed by atoms with Gasteiger partial charge in [-0.15, -0.1) is 0 Å². The summed E-state index contributed by atoms with van der Waals surface area (Å²) in [4.78, 5) is 0. The van der Waals surface area contributed by atoms with Gasteiger partial charge in [-0.2, -0.15) is 5.26 Å². The van der Waals surface area contributed by atoms with Crippen molar-refractivity contribution in [1.29, 1.82) is 5.26 Å². The van der Waals surface area contributed by atoms with Gasteiger partial charge in [0.25, 0.3) is 0 Å². The lowest BCUT2D eigenvalue weighted by Crippen LogP contribution is -2.18. The van der Waals surface area contributed by atoms with Gasteiger partial charge in [0.15, 0.2) is 0 Å². The van der Waals surface area contributed by atoms with Crippen LogP contribution in [-0.2, 0) is 0 Å². The van der Waals surface area contributed by atoms with E-state index in [1.165, 1.54) is 77.0 Å². The molecule has 124 valence electrons. The maximum Gasteiger partial charge on any atom is 0.0908 e. The van der Waals surface area contributed by atoms with E-state index in [0.717, 1.165) is 30.1 Å². The summed E-state index contributed by atoms with van der Waals surface area (Å²) < 4.78 is 0. The fourth-order valence-electron chi connectivity index (χ4n) is 4.68. The Morgan fingerprint density at radius 2 is 1.23 bits per heavy atom. The molecule has 1 nitrogen and oxygen atoms in total. The zero-order valence-corrected chi connectivity index (χ0v) is 14.6. The molecule has 2 rings (SSSR count). The highest BCUT2D eigenvalue weighted by atomic mass is 14.3. The van der Waals surface area contributed by atoms with Gasteiger partial charge >= 0.3 is 0 Å². The van der Waals surface area contributed by atoms with E-state index in [1.807, 2.05) is 6.08 Å². The molecule has 0 spiro atoms. The van der Waals surface area contributed by atoms with E-state index in [1.54, 1.807) is 6.08 Å². The zero-order valence-electron chi connectivity index (χ0n) is 14.6. The summed E-state index contributed by atoms with van der Waals surface area (Å²) in [5.41, 5.74) is 0. The predicted octanol–water partition coefficient (Wildman–Crippen LogP) is 6.65. The minimum absolute atomic E-state index is 0.930. The molecule has 2 fully saturated rings. The van der Waals surface area contributed by atoms with Crippen LogP contribution >= 0.6 is 0 Å². The molecule has 0 atom stereocenters. The van der Waals surface area contributed by atoms with Crippen molar-refractivity contribution >= 4 is 0 Å². The van der Waals surface area contributed by atoms with Crippen LogP contribution < -0.4 is 0 Å². The SMILES string of the molecule is CCC1CCC(CCC2CCC(CCC=CC#N)CC2)CC1. The van der Waals surface area contributed by atoms with Crippen LogP contribution in [0.5, 0.6) is 0 Å². The van der Waals surface area contributed by atoms with Crippen molar-refractivity contribution in [2.24, 2.45) is 23.7 Å². The standard InChI is InChI=1S/C21H35N/c1-2-18-7-9-20(10-8-18)15-16-21-13-11-19(12-14-21)6-4-3-5-17-22/h3,5,18-21H,2,4,6-16H2,1H3. The molecule has 0 N–H and O–H groups in total. The van der Waals surface area contributed by atoms with Gasteiger partial charge in [0.2, 0.25) is 0 Å². The van der Waals surface area contributed by atoms with E-state index in [-0.39, 0.29) is 0 Å². The summed E-state index contributed by atoms with van der Waals surface area (Å²) >= 11 is 0. The normalized spacial score (nSPS) is 32.9. The van der Waals surface area contributed by atoms with Gasteiger partial charge in [-0.1, -0.05) is 83.6 Å². The molecule has 0 bridgehead atoms. The number of nitriles is 1. The third-order valence-electron chi connectivity index (χ3n) is 6.43. The molecule has 0 saturated heterocycles. The third-order valence-corrected chi connectivity index (χ3v) is 6.43. The van der Waals surface area contributed by atoms with E-state index in [9.17, 15) is 0 Å². The third kappa shape index (κ3) is 6.15. The van der Waals surface area contributed by atoms with E-state index >= 15 is 0 Å². The molecular formula is C21H35N. The van der Waals surface area contributed by atoms with Crippen LogP contribution in [-0.4, -0.2) is 0 Å². The van der Waals surface area contributed by atoms with Gasteiger partial charge in [-0.3, -0.25) is 0 Å². The molecule has 0 radical (unpaired) electrons. The monoisotopic (exact) mass is 301 g/mol. The van der Waals surface area contributed by atoms with Crippen LogP contribution in [0.25, 0.3) is 0 Å². The van der Waals surface area contributed by atoms with Crippen LogP contribution in [0.15, 0.2) is 12.2 Å². The summed E-state index contributed by atoms with van der Waals surface area (Å²) in [7, 11) is 0. The first-order valence-electron chi connectivity index (χ1n) is 9.86. The van der Waals surface area contributed by atoms with Crippen LogP contribution in [0.1, 0.15) is 90.4 Å². The second-order valence-corrected chi connectivity index (χ2v) is 7.87. The molecule has 0 aromatic carbocycles. The largest absolute Gasteiger partial charge is 0.193 e. The lowest BCUT2D eigenvalue weighted by Gasteiger charge is -2.31. The van der Waals surface area contributed by atoms with Crippen molar-refractivity contribution in [3.05, 3.63) is 12.2 Å². The van der Waals surface area contributed by atoms with Crippen LogP contribution in [0.4, 0.5) is 0 Å². The summed E-state index contributed by atoms with van der Waals surface area (Å²) in [5, 5.41) is 8.50. The highest BCUT2D eigenvalue weighted by Gasteiger charge is 2.24. The first-order chi connectivity index (χ1) is 10.8. The Morgan fingerprint density at radius 1 is 0.773 bits per heavy atom. The lowest BCUT2D eigenvalue weighted by atomic mass is 9.74. The number of allylic oxidation sites excluding steroid dienone is 2. The van der Waals surface area contributed by atoms with Gasteiger partial charge in [0.05, 0.1) is 6.07 Å². The number of hydrogen-bond donors (Lipinski definition) is 0. The molecular weight excluding hydrogens is 266 g/mol. The molecule has 2 saturated carbocycles. The number of nitrogens with zero attached hydrogens (tertiary/aromatic N) is 1. The molecule has 2 aliphatic rings. The Kier molecular flexibility index (Phi) is 8.06. The Morgan fingerprint density at radius 3 is 1.68 bits per heavy atom. The average Bonchev–Trinajstić information content (AvgIpc) is 2.58.